The van der Waals surface area contributed by atoms with Gasteiger partial charge in [0.05, 0.1) is 36.1 Å². The third-order valence-corrected chi connectivity index (χ3v) is 6.30. The molecule has 0 spiro atoms. The number of nitrogens with one attached hydrogen (secondary N) is 2. The number of hydrogen-bond acceptors (Lipinski definition) is 6. The van der Waals surface area contributed by atoms with Crippen LogP contribution in [-0.2, 0) is 0 Å². The Kier molecular flexibility index (Phi) is 5.96. The summed E-state index contributed by atoms with van der Waals surface area (Å²) in [6, 6.07) is 10.6. The average Bonchev–Trinajstić information content (AvgIpc) is 3.52. The van der Waals surface area contributed by atoms with Crippen LogP contribution < -0.4 is 15.4 Å². The summed E-state index contributed by atoms with van der Waals surface area (Å²) in [5.41, 5.74) is 4.14. The molecule has 2 aliphatic carbocycles. The zero-order valence-corrected chi connectivity index (χ0v) is 17.8. The van der Waals surface area contributed by atoms with E-state index in [2.05, 4.69) is 49.9 Å². The van der Waals surface area contributed by atoms with E-state index in [-0.39, 0.29) is 6.10 Å². The Morgan fingerprint density at radius 3 is 2.19 bits per heavy atom. The summed E-state index contributed by atoms with van der Waals surface area (Å²) in [6.07, 6.45) is 17.4. The van der Waals surface area contributed by atoms with E-state index in [1.54, 1.807) is 24.8 Å². The van der Waals surface area contributed by atoms with E-state index < -0.39 is 0 Å². The van der Waals surface area contributed by atoms with Crippen molar-refractivity contribution in [2.75, 3.05) is 10.6 Å². The minimum Gasteiger partial charge on any atom is -0.487 e. The molecule has 0 atom stereocenters. The number of anilines is 4. The Bertz CT molecular complexity index is 978. The molecular weight excluding hydrogens is 386 g/mol. The highest BCUT2D eigenvalue weighted by molar-refractivity contribution is 5.65. The molecule has 2 fully saturated rings. The number of hydrogen-bond donors (Lipinski definition) is 2. The number of rotatable bonds is 7. The summed E-state index contributed by atoms with van der Waals surface area (Å²) < 4.78 is 6.15. The van der Waals surface area contributed by atoms with Gasteiger partial charge in [-0.05, 0) is 68.2 Å². The van der Waals surface area contributed by atoms with Crippen LogP contribution in [0.1, 0.15) is 62.8 Å². The highest BCUT2D eigenvalue weighted by Gasteiger charge is 2.18. The molecule has 6 nitrogen and oxygen atoms in total. The van der Waals surface area contributed by atoms with E-state index in [1.165, 1.54) is 44.1 Å². The summed E-state index contributed by atoms with van der Waals surface area (Å²) in [5, 5.41) is 6.65. The van der Waals surface area contributed by atoms with Crippen molar-refractivity contribution in [1.29, 1.82) is 0 Å². The van der Waals surface area contributed by atoms with Crippen molar-refractivity contribution < 1.29 is 4.74 Å². The molecular formula is C25H29N5O. The van der Waals surface area contributed by atoms with Crippen LogP contribution in [0.25, 0.3) is 0 Å². The van der Waals surface area contributed by atoms with Crippen LogP contribution in [0.3, 0.4) is 0 Å². The molecule has 2 heterocycles. The predicted octanol–water partition coefficient (Wildman–Crippen LogP) is 6.34. The third kappa shape index (κ3) is 4.95. The first kappa shape index (κ1) is 19.8. The first-order valence-corrected chi connectivity index (χ1v) is 11.4. The van der Waals surface area contributed by atoms with Gasteiger partial charge < -0.3 is 15.4 Å². The Labute approximate surface area is 183 Å². The number of aromatic nitrogens is 3. The molecule has 3 aromatic rings. The maximum atomic E-state index is 6.15. The summed E-state index contributed by atoms with van der Waals surface area (Å²) in [5.74, 6) is 2.08. The number of ether oxygens (including phenoxy) is 1. The van der Waals surface area contributed by atoms with E-state index in [9.17, 15) is 0 Å². The van der Waals surface area contributed by atoms with Gasteiger partial charge in [-0.1, -0.05) is 25.0 Å². The topological polar surface area (TPSA) is 72.0 Å². The van der Waals surface area contributed by atoms with Crippen molar-refractivity contribution in [3.63, 3.8) is 0 Å². The molecule has 2 aliphatic rings. The highest BCUT2D eigenvalue weighted by Crippen LogP contribution is 2.34. The van der Waals surface area contributed by atoms with Crippen molar-refractivity contribution in [1.82, 2.24) is 15.0 Å². The zero-order valence-electron chi connectivity index (χ0n) is 17.8. The number of pyridine rings is 1. The van der Waals surface area contributed by atoms with Crippen LogP contribution in [0.5, 0.6) is 5.75 Å². The van der Waals surface area contributed by atoms with Crippen molar-refractivity contribution in [2.45, 2.75) is 63.4 Å². The monoisotopic (exact) mass is 415 g/mol. The summed E-state index contributed by atoms with van der Waals surface area (Å²) >= 11 is 0. The predicted molar refractivity (Wildman–Crippen MR) is 123 cm³/mol. The summed E-state index contributed by atoms with van der Waals surface area (Å²) in [4.78, 5) is 13.1. The minimum absolute atomic E-state index is 0.285. The van der Waals surface area contributed by atoms with Gasteiger partial charge in [0.15, 0.2) is 5.75 Å². The van der Waals surface area contributed by atoms with E-state index >= 15 is 0 Å². The molecule has 0 aliphatic heterocycles. The largest absolute Gasteiger partial charge is 0.487 e. The first-order chi connectivity index (χ1) is 15.3. The fourth-order valence-corrected chi connectivity index (χ4v) is 4.60. The van der Waals surface area contributed by atoms with Crippen LogP contribution in [0.4, 0.5) is 23.0 Å². The molecule has 31 heavy (non-hydrogen) atoms. The van der Waals surface area contributed by atoms with E-state index in [4.69, 9.17) is 4.74 Å². The molecule has 0 saturated heterocycles. The van der Waals surface area contributed by atoms with Crippen molar-refractivity contribution in [2.24, 2.45) is 0 Å². The molecule has 2 aromatic heterocycles. The lowest BCUT2D eigenvalue weighted by Gasteiger charge is -2.16. The lowest BCUT2D eigenvalue weighted by molar-refractivity contribution is 0.210. The lowest BCUT2D eigenvalue weighted by atomic mass is 9.98. The first-order valence-electron chi connectivity index (χ1n) is 11.4. The van der Waals surface area contributed by atoms with E-state index in [0.29, 0.717) is 5.95 Å². The summed E-state index contributed by atoms with van der Waals surface area (Å²) in [7, 11) is 0. The Morgan fingerprint density at radius 1 is 0.742 bits per heavy atom. The van der Waals surface area contributed by atoms with Gasteiger partial charge in [0.1, 0.15) is 0 Å². The Morgan fingerprint density at radius 2 is 1.45 bits per heavy atom. The van der Waals surface area contributed by atoms with Gasteiger partial charge in [-0.25, -0.2) is 9.97 Å². The normalized spacial score (nSPS) is 17.0. The molecule has 2 N–H and O–H groups in total. The lowest BCUT2D eigenvalue weighted by Crippen LogP contribution is -2.12. The molecule has 0 radical (unpaired) electrons. The van der Waals surface area contributed by atoms with E-state index in [1.807, 2.05) is 6.07 Å². The SMILES string of the molecule is c1cc(Nc2cnc(Nc3ccc(C4CCCC4)cc3)nc2)c(OC2CCCC2)cn1. The Balaban J connectivity index is 1.21. The molecule has 0 amide bonds. The van der Waals surface area contributed by atoms with Gasteiger partial charge in [-0.3, -0.25) is 4.98 Å². The molecule has 0 unspecified atom stereocenters. The molecule has 2 saturated carbocycles. The van der Waals surface area contributed by atoms with Crippen LogP contribution in [0.15, 0.2) is 55.1 Å². The number of benzene rings is 1. The van der Waals surface area contributed by atoms with Crippen LogP contribution in [0, 0.1) is 0 Å². The fourth-order valence-electron chi connectivity index (χ4n) is 4.60. The second kappa shape index (κ2) is 9.33. The second-order valence-corrected chi connectivity index (χ2v) is 8.54. The van der Waals surface area contributed by atoms with Crippen molar-refractivity contribution in [3.05, 3.63) is 60.7 Å². The molecule has 6 heteroatoms. The highest BCUT2D eigenvalue weighted by atomic mass is 16.5. The fraction of sp³-hybridized carbons (Fsp3) is 0.400. The quantitative estimate of drug-likeness (QED) is 0.469. The minimum atomic E-state index is 0.285. The maximum Gasteiger partial charge on any atom is 0.227 e. The third-order valence-electron chi connectivity index (χ3n) is 6.30. The van der Waals surface area contributed by atoms with Gasteiger partial charge >= 0.3 is 0 Å². The Hall–Kier alpha value is -3.15. The van der Waals surface area contributed by atoms with E-state index in [0.717, 1.165) is 41.6 Å². The van der Waals surface area contributed by atoms with Crippen molar-refractivity contribution >= 4 is 23.0 Å². The second-order valence-electron chi connectivity index (χ2n) is 8.54. The smallest absolute Gasteiger partial charge is 0.227 e. The molecule has 5 rings (SSSR count). The van der Waals surface area contributed by atoms with Crippen LogP contribution >= 0.6 is 0 Å². The van der Waals surface area contributed by atoms with Crippen LogP contribution in [-0.4, -0.2) is 21.1 Å². The standard InChI is InChI=1S/C25H29N5O/c1-2-6-18(5-1)19-9-11-20(12-10-19)30-25-27-15-21(16-28-25)29-23-13-14-26-17-24(23)31-22-7-3-4-8-22/h9-18,22H,1-8H2,(H,26,29)(H,27,28,30). The van der Waals surface area contributed by atoms with Gasteiger partial charge in [0, 0.05) is 11.9 Å². The molecule has 160 valence electrons. The van der Waals surface area contributed by atoms with Crippen LogP contribution in [0.2, 0.25) is 0 Å². The zero-order chi connectivity index (χ0) is 20.9. The molecule has 1 aromatic carbocycles. The maximum absolute atomic E-state index is 6.15. The average molecular weight is 416 g/mol. The van der Waals surface area contributed by atoms with Gasteiger partial charge in [0.25, 0.3) is 0 Å². The number of nitrogens with zero attached hydrogens (tertiary/aromatic N) is 3. The molecule has 0 bridgehead atoms. The van der Waals surface area contributed by atoms with Crippen molar-refractivity contribution in [3.8, 4) is 5.75 Å². The van der Waals surface area contributed by atoms with Gasteiger partial charge in [0.2, 0.25) is 5.95 Å². The van der Waals surface area contributed by atoms with Gasteiger partial charge in [-0.2, -0.15) is 0 Å². The van der Waals surface area contributed by atoms with Gasteiger partial charge in [-0.15, -0.1) is 0 Å². The summed E-state index contributed by atoms with van der Waals surface area (Å²) in [6.45, 7) is 0.